The molecule has 0 atom stereocenters. The van der Waals surface area contributed by atoms with Crippen LogP contribution in [0.15, 0.2) is 11.1 Å². The normalized spacial score (nSPS) is 21.2. The maximum atomic E-state index is 9.59. The molecule has 1 aromatic rings. The van der Waals surface area contributed by atoms with Crippen LogP contribution in [0, 0.1) is 13.8 Å². The van der Waals surface area contributed by atoms with Crippen molar-refractivity contribution < 1.29 is 5.11 Å². The Balaban J connectivity index is 0.00000288. The molecule has 1 heterocycles. The summed E-state index contributed by atoms with van der Waals surface area (Å²) in [4.78, 5) is 4.67. The van der Waals surface area contributed by atoms with E-state index in [4.69, 9.17) is 0 Å². The highest BCUT2D eigenvalue weighted by Crippen LogP contribution is 2.18. The van der Waals surface area contributed by atoms with Crippen molar-refractivity contribution in [3.8, 4) is 0 Å². The lowest BCUT2D eigenvalue weighted by atomic mass is 9.93. The number of hydrogen-bond donors (Lipinski definition) is 3. The summed E-state index contributed by atoms with van der Waals surface area (Å²) >= 11 is 0. The number of hydrogen-bond acceptors (Lipinski definition) is 3. The zero-order chi connectivity index (χ0) is 16.7. The molecule has 2 rings (SSSR count). The largest absolute Gasteiger partial charge is 0.393 e. The quantitative estimate of drug-likeness (QED) is 0.270. The SMILES string of the molecule is CCNC(=NCCCn1nc(C)cc1C)NC1CCC(O)CC1.I. The summed E-state index contributed by atoms with van der Waals surface area (Å²) in [5.74, 6) is 0.891. The van der Waals surface area contributed by atoms with E-state index in [1.54, 1.807) is 0 Å². The molecule has 1 aliphatic rings. The lowest BCUT2D eigenvalue weighted by Crippen LogP contribution is -2.45. The molecule has 0 amide bonds. The van der Waals surface area contributed by atoms with Crippen molar-refractivity contribution in [2.24, 2.45) is 4.99 Å². The molecule has 0 unspecified atom stereocenters. The molecule has 1 aliphatic carbocycles. The van der Waals surface area contributed by atoms with Crippen LogP contribution in [0.2, 0.25) is 0 Å². The molecule has 0 aliphatic heterocycles. The first kappa shape index (κ1) is 21.2. The third kappa shape index (κ3) is 6.96. The summed E-state index contributed by atoms with van der Waals surface area (Å²) < 4.78 is 2.05. The molecule has 0 spiro atoms. The molecule has 1 aromatic heterocycles. The van der Waals surface area contributed by atoms with Gasteiger partial charge >= 0.3 is 0 Å². The maximum absolute atomic E-state index is 9.59. The van der Waals surface area contributed by atoms with Gasteiger partial charge in [-0.05, 0) is 58.9 Å². The Kier molecular flexibility index (Phi) is 9.65. The molecule has 0 saturated heterocycles. The number of aromatic nitrogens is 2. The van der Waals surface area contributed by atoms with Crippen molar-refractivity contribution in [2.45, 2.75) is 71.6 Å². The van der Waals surface area contributed by atoms with Crippen LogP contribution < -0.4 is 10.6 Å². The molecule has 138 valence electrons. The highest BCUT2D eigenvalue weighted by atomic mass is 127. The summed E-state index contributed by atoms with van der Waals surface area (Å²) in [5, 5.41) is 20.9. The second kappa shape index (κ2) is 10.9. The predicted molar refractivity (Wildman–Crippen MR) is 109 cm³/mol. The number of aliphatic hydroxyl groups is 1. The number of halogens is 1. The second-order valence-electron chi connectivity index (χ2n) is 6.41. The Labute approximate surface area is 162 Å². The molecule has 7 heteroatoms. The Hall–Kier alpha value is -0.830. The van der Waals surface area contributed by atoms with E-state index < -0.39 is 0 Å². The van der Waals surface area contributed by atoms with Gasteiger partial charge in [-0.25, -0.2) is 0 Å². The number of rotatable bonds is 6. The molecule has 1 saturated carbocycles. The smallest absolute Gasteiger partial charge is 0.191 e. The lowest BCUT2D eigenvalue weighted by molar-refractivity contribution is 0.120. The highest BCUT2D eigenvalue weighted by molar-refractivity contribution is 14.0. The first-order valence-electron chi connectivity index (χ1n) is 8.82. The molecular formula is C17H32IN5O. The van der Waals surface area contributed by atoms with E-state index in [0.717, 1.165) is 63.4 Å². The van der Waals surface area contributed by atoms with Crippen molar-refractivity contribution >= 4 is 29.9 Å². The minimum atomic E-state index is -0.117. The van der Waals surface area contributed by atoms with Crippen LogP contribution >= 0.6 is 24.0 Å². The lowest BCUT2D eigenvalue weighted by Gasteiger charge is -2.27. The summed E-state index contributed by atoms with van der Waals surface area (Å²) in [6, 6.07) is 2.53. The van der Waals surface area contributed by atoms with E-state index in [1.807, 2.05) is 11.6 Å². The third-order valence-corrected chi connectivity index (χ3v) is 4.28. The Morgan fingerprint density at radius 2 is 2.04 bits per heavy atom. The Morgan fingerprint density at radius 3 is 2.62 bits per heavy atom. The summed E-state index contributed by atoms with van der Waals surface area (Å²) in [6.07, 6.45) is 4.65. The fraction of sp³-hybridized carbons (Fsp3) is 0.765. The van der Waals surface area contributed by atoms with Crippen LogP contribution in [0.25, 0.3) is 0 Å². The summed E-state index contributed by atoms with van der Waals surface area (Å²) in [5.41, 5.74) is 2.28. The molecule has 0 bridgehead atoms. The summed E-state index contributed by atoms with van der Waals surface area (Å²) in [7, 11) is 0. The van der Waals surface area contributed by atoms with Gasteiger partial charge in [0.15, 0.2) is 5.96 Å². The first-order valence-corrected chi connectivity index (χ1v) is 8.82. The van der Waals surface area contributed by atoms with Crippen molar-refractivity contribution in [2.75, 3.05) is 13.1 Å². The third-order valence-electron chi connectivity index (χ3n) is 4.28. The van der Waals surface area contributed by atoms with Crippen LogP contribution in [-0.2, 0) is 6.54 Å². The minimum Gasteiger partial charge on any atom is -0.393 e. The Bertz CT molecular complexity index is 509. The van der Waals surface area contributed by atoms with Gasteiger partial charge in [0.2, 0.25) is 0 Å². The topological polar surface area (TPSA) is 74.5 Å². The van der Waals surface area contributed by atoms with Gasteiger partial charge in [0.05, 0.1) is 11.8 Å². The number of guanidine groups is 1. The Morgan fingerprint density at radius 1 is 1.33 bits per heavy atom. The fourth-order valence-electron chi connectivity index (χ4n) is 3.05. The van der Waals surface area contributed by atoms with Crippen LogP contribution in [0.5, 0.6) is 0 Å². The molecule has 3 N–H and O–H groups in total. The minimum absolute atomic E-state index is 0. The average molecular weight is 449 g/mol. The van der Waals surface area contributed by atoms with Crippen molar-refractivity contribution in [3.05, 3.63) is 17.5 Å². The molecule has 0 aromatic carbocycles. The van der Waals surface area contributed by atoms with E-state index in [9.17, 15) is 5.11 Å². The second-order valence-corrected chi connectivity index (χ2v) is 6.41. The van der Waals surface area contributed by atoms with Gasteiger partial charge in [-0.1, -0.05) is 0 Å². The van der Waals surface area contributed by atoms with Gasteiger partial charge in [-0.15, -0.1) is 24.0 Å². The van der Waals surface area contributed by atoms with E-state index >= 15 is 0 Å². The van der Waals surface area contributed by atoms with E-state index in [2.05, 4.69) is 40.6 Å². The zero-order valence-electron chi connectivity index (χ0n) is 15.1. The van der Waals surface area contributed by atoms with Gasteiger partial charge in [0.25, 0.3) is 0 Å². The standard InChI is InChI=1S/C17H31N5O.HI/c1-4-18-17(20-15-6-8-16(23)9-7-15)19-10-5-11-22-14(3)12-13(2)21-22;/h12,15-16,23H,4-11H2,1-3H3,(H2,18,19,20);1H. The molecule has 1 fully saturated rings. The predicted octanol–water partition coefficient (Wildman–Crippen LogP) is 2.37. The number of aliphatic hydroxyl groups excluding tert-OH is 1. The number of aryl methyl sites for hydroxylation is 3. The van der Waals surface area contributed by atoms with Gasteiger partial charge < -0.3 is 15.7 Å². The average Bonchev–Trinajstić information content (AvgIpc) is 2.84. The molecular weight excluding hydrogens is 417 g/mol. The molecule has 0 radical (unpaired) electrons. The van der Waals surface area contributed by atoms with Crippen LogP contribution in [0.4, 0.5) is 0 Å². The number of aliphatic imine (C=N–C) groups is 1. The van der Waals surface area contributed by atoms with E-state index in [-0.39, 0.29) is 30.1 Å². The first-order chi connectivity index (χ1) is 11.1. The van der Waals surface area contributed by atoms with Crippen molar-refractivity contribution in [3.63, 3.8) is 0 Å². The zero-order valence-corrected chi connectivity index (χ0v) is 17.4. The van der Waals surface area contributed by atoms with Gasteiger partial charge in [0, 0.05) is 31.4 Å². The molecule has 6 nitrogen and oxygen atoms in total. The molecule has 24 heavy (non-hydrogen) atoms. The van der Waals surface area contributed by atoms with Crippen LogP contribution in [0.1, 0.15) is 50.4 Å². The fourth-order valence-corrected chi connectivity index (χ4v) is 3.05. The van der Waals surface area contributed by atoms with Crippen molar-refractivity contribution in [1.29, 1.82) is 0 Å². The summed E-state index contributed by atoms with van der Waals surface area (Å²) in [6.45, 7) is 8.74. The van der Waals surface area contributed by atoms with Gasteiger partial charge in [-0.2, -0.15) is 5.10 Å². The van der Waals surface area contributed by atoms with Crippen LogP contribution in [-0.4, -0.2) is 46.1 Å². The monoisotopic (exact) mass is 449 g/mol. The van der Waals surface area contributed by atoms with Crippen molar-refractivity contribution in [1.82, 2.24) is 20.4 Å². The number of nitrogens with one attached hydrogen (secondary N) is 2. The number of nitrogens with zero attached hydrogens (tertiary/aromatic N) is 3. The van der Waals surface area contributed by atoms with E-state index in [0.29, 0.717) is 6.04 Å². The van der Waals surface area contributed by atoms with Gasteiger partial charge in [-0.3, -0.25) is 9.67 Å². The van der Waals surface area contributed by atoms with Crippen LogP contribution in [0.3, 0.4) is 0 Å². The van der Waals surface area contributed by atoms with E-state index in [1.165, 1.54) is 5.69 Å². The maximum Gasteiger partial charge on any atom is 0.191 e. The highest BCUT2D eigenvalue weighted by Gasteiger charge is 2.19. The van der Waals surface area contributed by atoms with Gasteiger partial charge in [0.1, 0.15) is 0 Å².